The summed E-state index contributed by atoms with van der Waals surface area (Å²) in [6.07, 6.45) is 70.2. The van der Waals surface area contributed by atoms with Crippen molar-refractivity contribution in [2.75, 3.05) is 47.5 Å². The molecule has 0 rings (SSSR count). The van der Waals surface area contributed by atoms with Crippen LogP contribution in [0.25, 0.3) is 0 Å². The van der Waals surface area contributed by atoms with Gasteiger partial charge in [-0.15, -0.1) is 0 Å². The first-order valence-electron chi connectivity index (χ1n) is 29.4. The van der Waals surface area contributed by atoms with Gasteiger partial charge in [0.05, 0.1) is 40.3 Å². The SMILES string of the molecule is CC/C=C\C/C=C\C/C=C\C/C=C\C/C=C\C/C=C\C/C=C\CCCCCCCC(=O)OC(COC(=O)CCCCCCCCCCC/C=C\CCCCCCCCCC)COC(OCC[N+](C)(C)C)C(=O)[O-]. The summed E-state index contributed by atoms with van der Waals surface area (Å²) in [7, 11) is 5.91. The minimum absolute atomic E-state index is 0.138. The predicted octanol–water partition coefficient (Wildman–Crippen LogP) is 16.0. The minimum Gasteiger partial charge on any atom is -0.545 e. The molecule has 0 aromatic rings. The molecule has 0 saturated heterocycles. The van der Waals surface area contributed by atoms with Crippen LogP contribution in [0, 0.1) is 0 Å². The molecule has 73 heavy (non-hydrogen) atoms. The molecule has 0 heterocycles. The summed E-state index contributed by atoms with van der Waals surface area (Å²) >= 11 is 0. The number of allylic oxidation sites excluding steroid dienone is 16. The second-order valence-corrected chi connectivity index (χ2v) is 20.5. The molecule has 2 unspecified atom stereocenters. The molecule has 0 aliphatic carbocycles. The lowest BCUT2D eigenvalue weighted by molar-refractivity contribution is -0.870. The fourth-order valence-electron chi connectivity index (χ4n) is 7.80. The van der Waals surface area contributed by atoms with Crippen molar-refractivity contribution in [2.24, 2.45) is 0 Å². The highest BCUT2D eigenvalue weighted by Gasteiger charge is 2.22. The maximum Gasteiger partial charge on any atom is 0.306 e. The van der Waals surface area contributed by atoms with Crippen molar-refractivity contribution in [3.63, 3.8) is 0 Å². The number of carbonyl (C=O) groups excluding carboxylic acids is 3. The number of ether oxygens (including phenoxy) is 4. The van der Waals surface area contributed by atoms with Gasteiger partial charge in [-0.2, -0.15) is 0 Å². The van der Waals surface area contributed by atoms with Gasteiger partial charge in [0.15, 0.2) is 12.4 Å². The van der Waals surface area contributed by atoms with E-state index in [1.54, 1.807) is 0 Å². The highest BCUT2D eigenvalue weighted by Crippen LogP contribution is 2.15. The van der Waals surface area contributed by atoms with Crippen molar-refractivity contribution in [3.8, 4) is 0 Å². The number of aliphatic carboxylic acids is 1. The summed E-state index contributed by atoms with van der Waals surface area (Å²) in [6.45, 7) is 4.61. The molecule has 0 amide bonds. The van der Waals surface area contributed by atoms with Gasteiger partial charge in [-0.1, -0.05) is 220 Å². The standard InChI is InChI=1S/C64H109NO8/c1-6-8-10-12-14-16-18-20-22-24-26-28-29-30-31-32-33-35-37-39-41-43-45-47-49-51-53-55-62(67)73-60(59-72-64(63(68)69)70-57-56-65(3,4)5)58-71-61(66)54-52-50-48-46-44-42-40-38-36-34-27-25-23-21-19-17-15-13-11-9-7-2/h8,10,14,16,20,22,25-28,30-31,33,35,39,41,60,64H,6-7,9,11-13,15,17-19,21,23-24,29,32,34,36-38,40,42-59H2,1-5H3/b10-8-,16-14-,22-20-,27-25-,28-26-,31-30-,35-33-,41-39-. The molecule has 0 aliphatic rings. The number of carboxylic acid groups (broad SMARTS) is 1. The molecule has 0 spiro atoms. The van der Waals surface area contributed by atoms with E-state index in [1.165, 1.54) is 103 Å². The number of carboxylic acids is 1. The van der Waals surface area contributed by atoms with E-state index in [0.717, 1.165) is 96.3 Å². The van der Waals surface area contributed by atoms with E-state index in [2.05, 4.69) is 111 Å². The molecule has 0 fully saturated rings. The average Bonchev–Trinajstić information content (AvgIpc) is 3.36. The lowest BCUT2D eigenvalue weighted by Gasteiger charge is -2.26. The number of quaternary nitrogens is 1. The molecule has 9 nitrogen and oxygen atoms in total. The Morgan fingerprint density at radius 1 is 0.425 bits per heavy atom. The highest BCUT2D eigenvalue weighted by atomic mass is 16.7. The Labute approximate surface area is 448 Å². The fourth-order valence-corrected chi connectivity index (χ4v) is 7.80. The van der Waals surface area contributed by atoms with Gasteiger partial charge < -0.3 is 33.3 Å². The zero-order valence-electron chi connectivity index (χ0n) is 47.5. The monoisotopic (exact) mass is 1020 g/mol. The minimum atomic E-state index is -1.63. The van der Waals surface area contributed by atoms with Gasteiger partial charge in [0.25, 0.3) is 0 Å². The molecule has 418 valence electrons. The Hall–Kier alpha value is -3.79. The van der Waals surface area contributed by atoms with Crippen LogP contribution in [0.2, 0.25) is 0 Å². The number of rotatable bonds is 53. The van der Waals surface area contributed by atoms with E-state index in [4.69, 9.17) is 18.9 Å². The molecule has 2 atom stereocenters. The smallest absolute Gasteiger partial charge is 0.306 e. The number of esters is 2. The van der Waals surface area contributed by atoms with Crippen LogP contribution in [0.15, 0.2) is 97.2 Å². The molecule has 0 aromatic heterocycles. The number of carbonyl (C=O) groups is 3. The van der Waals surface area contributed by atoms with Gasteiger partial charge in [0, 0.05) is 12.8 Å². The topological polar surface area (TPSA) is 111 Å². The number of nitrogens with zero attached hydrogens (tertiary/aromatic N) is 1. The first kappa shape index (κ1) is 69.2. The van der Waals surface area contributed by atoms with Crippen LogP contribution in [0.5, 0.6) is 0 Å². The Kier molecular flexibility index (Phi) is 51.6. The summed E-state index contributed by atoms with van der Waals surface area (Å²) in [5.74, 6) is -2.32. The van der Waals surface area contributed by atoms with Gasteiger partial charge >= 0.3 is 11.9 Å². The quantitative estimate of drug-likeness (QED) is 0.0195. The zero-order valence-corrected chi connectivity index (χ0v) is 47.5. The number of hydrogen-bond acceptors (Lipinski definition) is 8. The normalized spacial score (nSPS) is 13.5. The lowest BCUT2D eigenvalue weighted by Crippen LogP contribution is -2.44. The summed E-state index contributed by atoms with van der Waals surface area (Å²) in [6, 6.07) is 0. The Morgan fingerprint density at radius 2 is 0.781 bits per heavy atom. The average molecular weight is 1020 g/mol. The van der Waals surface area contributed by atoms with Crippen molar-refractivity contribution in [1.82, 2.24) is 0 Å². The van der Waals surface area contributed by atoms with Crippen molar-refractivity contribution in [2.45, 2.75) is 245 Å². The van der Waals surface area contributed by atoms with E-state index in [-0.39, 0.29) is 38.6 Å². The molecule has 0 N–H and O–H groups in total. The summed E-state index contributed by atoms with van der Waals surface area (Å²) < 4.78 is 22.7. The summed E-state index contributed by atoms with van der Waals surface area (Å²) in [4.78, 5) is 37.3. The zero-order chi connectivity index (χ0) is 53.4. The van der Waals surface area contributed by atoms with Crippen LogP contribution in [0.4, 0.5) is 0 Å². The van der Waals surface area contributed by atoms with Gasteiger partial charge in [-0.25, -0.2) is 0 Å². The van der Waals surface area contributed by atoms with Crippen LogP contribution in [0.1, 0.15) is 232 Å². The summed E-state index contributed by atoms with van der Waals surface area (Å²) in [5, 5.41) is 11.8. The second kappa shape index (κ2) is 54.5. The first-order chi connectivity index (χ1) is 35.6. The largest absolute Gasteiger partial charge is 0.545 e. The van der Waals surface area contributed by atoms with E-state index in [9.17, 15) is 19.5 Å². The molecule has 0 radical (unpaired) electrons. The third-order valence-electron chi connectivity index (χ3n) is 12.3. The first-order valence-corrected chi connectivity index (χ1v) is 29.4. The number of hydrogen-bond donors (Lipinski definition) is 0. The van der Waals surface area contributed by atoms with E-state index < -0.39 is 24.3 Å². The maximum atomic E-state index is 12.9. The van der Waals surface area contributed by atoms with E-state index in [0.29, 0.717) is 17.4 Å². The second-order valence-electron chi connectivity index (χ2n) is 20.5. The number of likely N-dealkylation sites (N-methyl/N-ethyl adjacent to an activating group) is 1. The van der Waals surface area contributed by atoms with Crippen molar-refractivity contribution in [1.29, 1.82) is 0 Å². The van der Waals surface area contributed by atoms with Crippen LogP contribution in [-0.2, 0) is 33.3 Å². The van der Waals surface area contributed by atoms with Gasteiger partial charge in [-0.3, -0.25) is 9.59 Å². The molecule has 9 heteroatoms. The van der Waals surface area contributed by atoms with Crippen molar-refractivity contribution in [3.05, 3.63) is 97.2 Å². The molecular weight excluding hydrogens is 911 g/mol. The van der Waals surface area contributed by atoms with Crippen molar-refractivity contribution >= 4 is 17.9 Å². The molecular formula is C64H109NO8. The van der Waals surface area contributed by atoms with Crippen LogP contribution >= 0.6 is 0 Å². The van der Waals surface area contributed by atoms with Gasteiger partial charge in [0.2, 0.25) is 0 Å². The van der Waals surface area contributed by atoms with Gasteiger partial charge in [0.1, 0.15) is 13.2 Å². The van der Waals surface area contributed by atoms with Crippen LogP contribution < -0.4 is 5.11 Å². The Bertz CT molecular complexity index is 1520. The third-order valence-corrected chi connectivity index (χ3v) is 12.3. The van der Waals surface area contributed by atoms with Crippen LogP contribution in [0.3, 0.4) is 0 Å². The number of unbranched alkanes of at least 4 members (excludes halogenated alkanes) is 22. The van der Waals surface area contributed by atoms with Gasteiger partial charge in [-0.05, 0) is 96.3 Å². The molecule has 0 aliphatic heterocycles. The summed E-state index contributed by atoms with van der Waals surface area (Å²) in [5.41, 5.74) is 0. The molecule has 0 saturated carbocycles. The Morgan fingerprint density at radius 3 is 1.18 bits per heavy atom. The maximum absolute atomic E-state index is 12.9. The third kappa shape index (κ3) is 55.8. The lowest BCUT2D eigenvalue weighted by atomic mass is 10.1. The molecule has 0 aromatic carbocycles. The van der Waals surface area contributed by atoms with Crippen LogP contribution in [-0.4, -0.2) is 82.3 Å². The predicted molar refractivity (Wildman–Crippen MR) is 306 cm³/mol. The highest BCUT2D eigenvalue weighted by molar-refractivity contribution is 5.70. The fraction of sp³-hybridized carbons (Fsp3) is 0.703. The van der Waals surface area contributed by atoms with E-state index in [1.807, 2.05) is 21.1 Å². The Balaban J connectivity index is 4.33. The van der Waals surface area contributed by atoms with E-state index >= 15 is 0 Å². The van der Waals surface area contributed by atoms with Crippen molar-refractivity contribution < 1.29 is 42.9 Å². The molecule has 0 bridgehead atoms.